The minimum absolute atomic E-state index is 0.121. The van der Waals surface area contributed by atoms with Crippen LogP contribution in [0.25, 0.3) is 0 Å². The molecule has 1 aromatic rings. The maximum Gasteiger partial charge on any atom is 0.389 e. The van der Waals surface area contributed by atoms with E-state index >= 15 is 0 Å². The lowest BCUT2D eigenvalue weighted by Crippen LogP contribution is -2.15. The summed E-state index contributed by atoms with van der Waals surface area (Å²) in [6, 6.07) is 1.01. The van der Waals surface area contributed by atoms with E-state index < -0.39 is 18.6 Å². The quantitative estimate of drug-likeness (QED) is 0.860. The fourth-order valence-corrected chi connectivity index (χ4v) is 2.26. The molecule has 1 rings (SSSR count). The molecule has 0 aromatic carbocycles. The van der Waals surface area contributed by atoms with Crippen molar-refractivity contribution in [2.45, 2.75) is 25.1 Å². The van der Waals surface area contributed by atoms with E-state index in [1.165, 1.54) is 11.3 Å². The molecule has 0 aliphatic rings. The molecule has 0 aliphatic heterocycles. The zero-order valence-corrected chi connectivity index (χ0v) is 8.72. The van der Waals surface area contributed by atoms with Gasteiger partial charge in [-0.15, -0.1) is 11.3 Å². The van der Waals surface area contributed by atoms with Gasteiger partial charge in [0.2, 0.25) is 0 Å². The van der Waals surface area contributed by atoms with E-state index in [9.17, 15) is 13.2 Å². The van der Waals surface area contributed by atoms with E-state index in [0.717, 1.165) is 0 Å². The first-order valence-electron chi connectivity index (χ1n) is 3.95. The van der Waals surface area contributed by atoms with Crippen LogP contribution in [0.5, 0.6) is 0 Å². The Morgan fingerprint density at radius 3 is 2.57 bits per heavy atom. The molecule has 6 heteroatoms. The summed E-state index contributed by atoms with van der Waals surface area (Å²) in [4.78, 5) is 0.621. The molecule has 1 atom stereocenters. The van der Waals surface area contributed by atoms with Gasteiger partial charge in [0.15, 0.2) is 0 Å². The number of alkyl halides is 3. The Labute approximate surface area is 88.7 Å². The number of halogens is 4. The second kappa shape index (κ2) is 4.51. The van der Waals surface area contributed by atoms with Gasteiger partial charge >= 0.3 is 6.18 Å². The fraction of sp³-hybridized carbons (Fsp3) is 0.500. The van der Waals surface area contributed by atoms with Crippen molar-refractivity contribution in [3.8, 4) is 0 Å². The number of hydrogen-bond acceptors (Lipinski definition) is 2. The van der Waals surface area contributed by atoms with Crippen molar-refractivity contribution in [1.29, 1.82) is 0 Å². The zero-order chi connectivity index (χ0) is 10.8. The van der Waals surface area contributed by atoms with Crippen LogP contribution >= 0.6 is 22.9 Å². The van der Waals surface area contributed by atoms with Crippen LogP contribution in [0.15, 0.2) is 11.4 Å². The molecule has 1 heterocycles. The van der Waals surface area contributed by atoms with Gasteiger partial charge in [0.25, 0.3) is 0 Å². The molecule has 0 bridgehead atoms. The monoisotopic (exact) mass is 243 g/mol. The van der Waals surface area contributed by atoms with Crippen molar-refractivity contribution < 1.29 is 13.2 Å². The van der Waals surface area contributed by atoms with E-state index in [-0.39, 0.29) is 6.42 Å². The molecule has 0 saturated carbocycles. The Morgan fingerprint density at radius 1 is 1.50 bits per heavy atom. The third-order valence-corrected chi connectivity index (χ3v) is 3.21. The van der Waals surface area contributed by atoms with Gasteiger partial charge < -0.3 is 5.73 Å². The highest BCUT2D eigenvalue weighted by molar-refractivity contribution is 7.10. The van der Waals surface area contributed by atoms with Crippen molar-refractivity contribution in [3.63, 3.8) is 0 Å². The SMILES string of the molecule is N[C@@H](CCC(F)(F)F)c1sccc1Cl. The second-order valence-corrected chi connectivity index (χ2v) is 4.25. The lowest BCUT2D eigenvalue weighted by Gasteiger charge is -2.11. The molecule has 0 saturated heterocycles. The first kappa shape index (κ1) is 11.8. The first-order valence-corrected chi connectivity index (χ1v) is 5.21. The summed E-state index contributed by atoms with van der Waals surface area (Å²) in [6.45, 7) is 0. The molecule has 2 N–H and O–H groups in total. The van der Waals surface area contributed by atoms with Crippen molar-refractivity contribution in [1.82, 2.24) is 0 Å². The van der Waals surface area contributed by atoms with E-state index in [2.05, 4.69) is 0 Å². The second-order valence-electron chi connectivity index (χ2n) is 2.89. The maximum atomic E-state index is 11.9. The van der Waals surface area contributed by atoms with Gasteiger partial charge in [-0.3, -0.25) is 0 Å². The van der Waals surface area contributed by atoms with Gasteiger partial charge in [-0.25, -0.2) is 0 Å². The molecule has 0 radical (unpaired) electrons. The van der Waals surface area contributed by atoms with Gasteiger partial charge in [0, 0.05) is 17.3 Å². The lowest BCUT2D eigenvalue weighted by molar-refractivity contribution is -0.136. The fourth-order valence-electron chi connectivity index (χ4n) is 1.02. The summed E-state index contributed by atoms with van der Waals surface area (Å²) in [7, 11) is 0. The predicted octanol–water partition coefficient (Wildman–Crippen LogP) is 3.74. The first-order chi connectivity index (χ1) is 6.40. The molecule has 0 unspecified atom stereocenters. The summed E-state index contributed by atoms with van der Waals surface area (Å²) in [6.07, 6.45) is -5.15. The van der Waals surface area contributed by atoms with E-state index in [0.29, 0.717) is 9.90 Å². The Kier molecular flexibility index (Phi) is 3.80. The molecule has 1 aromatic heterocycles. The highest BCUT2D eigenvalue weighted by atomic mass is 35.5. The number of nitrogens with two attached hydrogens (primary N) is 1. The molecule has 0 amide bonds. The van der Waals surface area contributed by atoms with Crippen LogP contribution < -0.4 is 5.73 Å². The van der Waals surface area contributed by atoms with Crippen LogP contribution in [0.2, 0.25) is 5.02 Å². The third kappa shape index (κ3) is 3.48. The Bertz CT molecular complexity index is 297. The zero-order valence-electron chi connectivity index (χ0n) is 7.14. The van der Waals surface area contributed by atoms with E-state index in [1.807, 2.05) is 0 Å². The molecule has 0 spiro atoms. The minimum atomic E-state index is -4.15. The minimum Gasteiger partial charge on any atom is -0.323 e. The van der Waals surface area contributed by atoms with Gasteiger partial charge in [0.1, 0.15) is 0 Å². The van der Waals surface area contributed by atoms with Crippen LogP contribution in [0.4, 0.5) is 13.2 Å². The smallest absolute Gasteiger partial charge is 0.323 e. The summed E-state index contributed by atoms with van der Waals surface area (Å²) < 4.78 is 35.6. The van der Waals surface area contributed by atoms with Gasteiger partial charge in [0.05, 0.1) is 5.02 Å². The summed E-state index contributed by atoms with van der Waals surface area (Å²) in [5, 5.41) is 2.16. The third-order valence-electron chi connectivity index (χ3n) is 1.72. The summed E-state index contributed by atoms with van der Waals surface area (Å²) >= 11 is 7.02. The van der Waals surface area contributed by atoms with Crippen molar-refractivity contribution in [2.24, 2.45) is 5.73 Å². The van der Waals surface area contributed by atoms with Crippen molar-refractivity contribution >= 4 is 22.9 Å². The molecule has 0 fully saturated rings. The van der Waals surface area contributed by atoms with Crippen LogP contribution in [0.1, 0.15) is 23.8 Å². The van der Waals surface area contributed by atoms with Gasteiger partial charge in [-0.1, -0.05) is 11.6 Å². The summed E-state index contributed by atoms with van der Waals surface area (Å²) in [5.74, 6) is 0. The standard InChI is InChI=1S/C8H9ClF3NS/c9-5-2-4-14-7(5)6(13)1-3-8(10,11)12/h2,4,6H,1,3,13H2/t6-/m0/s1. The highest BCUT2D eigenvalue weighted by Gasteiger charge is 2.28. The normalized spacial score (nSPS) is 14.4. The Balaban J connectivity index is 2.51. The maximum absolute atomic E-state index is 11.9. The van der Waals surface area contributed by atoms with Crippen molar-refractivity contribution in [2.75, 3.05) is 0 Å². The van der Waals surface area contributed by atoms with Crippen LogP contribution in [0, 0.1) is 0 Å². The topological polar surface area (TPSA) is 26.0 Å². The molecular formula is C8H9ClF3NS. The van der Waals surface area contributed by atoms with Crippen LogP contribution in [-0.4, -0.2) is 6.18 Å². The Morgan fingerprint density at radius 2 is 2.14 bits per heavy atom. The average molecular weight is 244 g/mol. The molecular weight excluding hydrogens is 235 g/mol. The number of rotatable bonds is 3. The summed E-state index contributed by atoms with van der Waals surface area (Å²) in [5.41, 5.74) is 5.57. The average Bonchev–Trinajstić information content (AvgIpc) is 2.46. The molecule has 0 aliphatic carbocycles. The molecule has 1 nitrogen and oxygen atoms in total. The van der Waals surface area contributed by atoms with Crippen LogP contribution in [0.3, 0.4) is 0 Å². The van der Waals surface area contributed by atoms with Crippen molar-refractivity contribution in [3.05, 3.63) is 21.3 Å². The van der Waals surface area contributed by atoms with E-state index in [4.69, 9.17) is 17.3 Å². The lowest BCUT2D eigenvalue weighted by atomic mass is 10.1. The molecule has 80 valence electrons. The Hall–Kier alpha value is -0.260. The van der Waals surface area contributed by atoms with Gasteiger partial charge in [-0.05, 0) is 17.9 Å². The number of hydrogen-bond donors (Lipinski definition) is 1. The largest absolute Gasteiger partial charge is 0.389 e. The van der Waals surface area contributed by atoms with E-state index in [1.54, 1.807) is 11.4 Å². The molecule has 14 heavy (non-hydrogen) atoms. The van der Waals surface area contributed by atoms with Gasteiger partial charge in [-0.2, -0.15) is 13.2 Å². The predicted molar refractivity (Wildman–Crippen MR) is 51.5 cm³/mol. The highest BCUT2D eigenvalue weighted by Crippen LogP contribution is 2.32. The number of thiophene rings is 1. The van der Waals surface area contributed by atoms with Crippen LogP contribution in [-0.2, 0) is 0 Å².